The highest BCUT2D eigenvalue weighted by Gasteiger charge is 2.46. The third-order valence-electron chi connectivity index (χ3n) is 3.29. The Morgan fingerprint density at radius 1 is 0.880 bits per heavy atom. The Morgan fingerprint density at radius 2 is 1.40 bits per heavy atom. The van der Waals surface area contributed by atoms with Crippen molar-refractivity contribution in [1.82, 2.24) is 10.0 Å². The van der Waals surface area contributed by atoms with Crippen LogP contribution in [-0.4, -0.2) is 66.9 Å². The van der Waals surface area contributed by atoms with Crippen LogP contribution in [0.5, 0.6) is 0 Å². The van der Waals surface area contributed by atoms with Gasteiger partial charge < -0.3 is 18.9 Å². The lowest BCUT2D eigenvalue weighted by molar-refractivity contribution is -0.166. The maximum Gasteiger partial charge on any atom is 0.431 e. The molecule has 0 saturated heterocycles. The minimum Gasteiger partial charge on any atom is -0.464 e. The van der Waals surface area contributed by atoms with Crippen molar-refractivity contribution in [3.05, 3.63) is 11.6 Å². The first-order chi connectivity index (χ1) is 11.9. The summed E-state index contributed by atoms with van der Waals surface area (Å²) in [6.45, 7) is 8.94. The van der Waals surface area contributed by atoms with Gasteiger partial charge in [-0.05, 0) is 46.3 Å². The van der Waals surface area contributed by atoms with E-state index in [2.05, 4.69) is 0 Å². The maximum atomic E-state index is 12.5. The number of carbonyl (C=O) groups is 3. The van der Waals surface area contributed by atoms with Gasteiger partial charge in [0.05, 0.1) is 19.8 Å². The van der Waals surface area contributed by atoms with Crippen molar-refractivity contribution in [2.45, 2.75) is 46.9 Å². The van der Waals surface area contributed by atoms with E-state index in [-0.39, 0.29) is 26.4 Å². The Kier molecular flexibility index (Phi) is 8.20. The van der Waals surface area contributed by atoms with Crippen LogP contribution in [0.25, 0.3) is 0 Å². The number of nitrogens with zero attached hydrogens (tertiary/aromatic N) is 2. The van der Waals surface area contributed by atoms with Gasteiger partial charge in [0.25, 0.3) is 0 Å². The van der Waals surface area contributed by atoms with Crippen molar-refractivity contribution in [1.29, 1.82) is 0 Å². The van der Waals surface area contributed by atoms with Crippen molar-refractivity contribution in [2.75, 3.05) is 26.4 Å². The van der Waals surface area contributed by atoms with Crippen LogP contribution >= 0.6 is 0 Å². The smallest absolute Gasteiger partial charge is 0.431 e. The molecule has 1 aliphatic rings. The monoisotopic (exact) mass is 358 g/mol. The first-order valence-electron chi connectivity index (χ1n) is 8.31. The molecule has 0 unspecified atom stereocenters. The zero-order valence-electron chi connectivity index (χ0n) is 15.3. The summed E-state index contributed by atoms with van der Waals surface area (Å²) >= 11 is 0. The van der Waals surface area contributed by atoms with Crippen LogP contribution in [0, 0.1) is 0 Å². The summed E-state index contributed by atoms with van der Waals surface area (Å²) < 4.78 is 20.6. The first kappa shape index (κ1) is 20.8. The normalized spacial score (nSPS) is 20.0. The lowest BCUT2D eigenvalue weighted by atomic mass is 10.1. The SMILES string of the molecule is CCOC(=O)[C@H]1C=C(C)[C@@H](OCC)N(C(=O)OCC)N1C(=O)OCC. The van der Waals surface area contributed by atoms with Gasteiger partial charge in [0.15, 0.2) is 12.3 Å². The fourth-order valence-corrected chi connectivity index (χ4v) is 2.36. The van der Waals surface area contributed by atoms with Crippen LogP contribution in [0.2, 0.25) is 0 Å². The van der Waals surface area contributed by atoms with E-state index >= 15 is 0 Å². The highest BCUT2D eigenvalue weighted by atomic mass is 16.6. The van der Waals surface area contributed by atoms with E-state index in [0.29, 0.717) is 5.57 Å². The lowest BCUT2D eigenvalue weighted by Gasteiger charge is -2.43. The van der Waals surface area contributed by atoms with Crippen LogP contribution in [0.4, 0.5) is 9.59 Å². The highest BCUT2D eigenvalue weighted by molar-refractivity contribution is 5.86. The van der Waals surface area contributed by atoms with Crippen molar-refractivity contribution in [2.24, 2.45) is 0 Å². The summed E-state index contributed by atoms with van der Waals surface area (Å²) in [5.74, 6) is -0.681. The number of rotatable bonds is 6. The molecule has 0 fully saturated rings. The Morgan fingerprint density at radius 3 is 1.88 bits per heavy atom. The van der Waals surface area contributed by atoms with Crippen LogP contribution in [0.3, 0.4) is 0 Å². The maximum absolute atomic E-state index is 12.5. The van der Waals surface area contributed by atoms with Crippen molar-refractivity contribution >= 4 is 18.2 Å². The van der Waals surface area contributed by atoms with Crippen LogP contribution in [-0.2, 0) is 23.7 Å². The number of amides is 2. The topological polar surface area (TPSA) is 94.6 Å². The average Bonchev–Trinajstić information content (AvgIpc) is 2.56. The fourth-order valence-electron chi connectivity index (χ4n) is 2.36. The van der Waals surface area contributed by atoms with Crippen molar-refractivity contribution in [3.8, 4) is 0 Å². The second-order valence-corrected chi connectivity index (χ2v) is 5.00. The quantitative estimate of drug-likeness (QED) is 0.407. The second-order valence-electron chi connectivity index (χ2n) is 5.00. The van der Waals surface area contributed by atoms with Gasteiger partial charge in [0.2, 0.25) is 0 Å². The average molecular weight is 358 g/mol. The van der Waals surface area contributed by atoms with E-state index in [1.807, 2.05) is 0 Å². The zero-order chi connectivity index (χ0) is 19.0. The van der Waals surface area contributed by atoms with E-state index in [1.165, 1.54) is 6.08 Å². The van der Waals surface area contributed by atoms with Gasteiger partial charge in [-0.1, -0.05) is 0 Å². The highest BCUT2D eigenvalue weighted by Crippen LogP contribution is 2.27. The summed E-state index contributed by atoms with van der Waals surface area (Å²) in [7, 11) is 0. The Hall–Kier alpha value is -2.29. The molecule has 1 heterocycles. The molecule has 0 radical (unpaired) electrons. The van der Waals surface area contributed by atoms with E-state index < -0.39 is 30.4 Å². The molecule has 0 aromatic rings. The number of ether oxygens (including phenoxy) is 4. The van der Waals surface area contributed by atoms with Gasteiger partial charge in [0.1, 0.15) is 0 Å². The van der Waals surface area contributed by atoms with Crippen molar-refractivity contribution in [3.63, 3.8) is 0 Å². The summed E-state index contributed by atoms with van der Waals surface area (Å²) in [6.07, 6.45) is -1.07. The lowest BCUT2D eigenvalue weighted by Crippen LogP contribution is -2.63. The molecule has 0 spiro atoms. The minimum atomic E-state index is -1.15. The number of hydrogen-bond donors (Lipinski definition) is 0. The number of hydrazine groups is 1. The summed E-state index contributed by atoms with van der Waals surface area (Å²) in [4.78, 5) is 37.2. The molecule has 9 nitrogen and oxygen atoms in total. The predicted molar refractivity (Wildman–Crippen MR) is 87.3 cm³/mol. The molecule has 0 aliphatic carbocycles. The van der Waals surface area contributed by atoms with Gasteiger partial charge >= 0.3 is 18.2 Å². The number of esters is 1. The summed E-state index contributed by atoms with van der Waals surface area (Å²) in [5, 5.41) is 1.84. The summed E-state index contributed by atoms with van der Waals surface area (Å²) in [5.41, 5.74) is 0.577. The van der Waals surface area contributed by atoms with Crippen LogP contribution in [0.15, 0.2) is 11.6 Å². The molecule has 0 aromatic carbocycles. The molecule has 1 aliphatic heterocycles. The van der Waals surface area contributed by atoms with E-state index in [1.54, 1.807) is 34.6 Å². The Balaban J connectivity index is 3.38. The second kappa shape index (κ2) is 9.87. The Bertz CT molecular complexity index is 521. The van der Waals surface area contributed by atoms with E-state index in [0.717, 1.165) is 10.0 Å². The van der Waals surface area contributed by atoms with Gasteiger partial charge in [0, 0.05) is 6.61 Å². The van der Waals surface area contributed by atoms with E-state index in [9.17, 15) is 14.4 Å². The molecule has 25 heavy (non-hydrogen) atoms. The Labute approximate surface area is 147 Å². The number of hydrogen-bond acceptors (Lipinski definition) is 7. The molecular formula is C16H26N2O7. The predicted octanol–water partition coefficient (Wildman–Crippen LogP) is 2.07. The first-order valence-corrected chi connectivity index (χ1v) is 8.31. The van der Waals surface area contributed by atoms with Gasteiger partial charge in [-0.2, -0.15) is 10.0 Å². The van der Waals surface area contributed by atoms with Gasteiger partial charge in [-0.15, -0.1) is 0 Å². The van der Waals surface area contributed by atoms with Gasteiger partial charge in [-0.25, -0.2) is 14.4 Å². The largest absolute Gasteiger partial charge is 0.464 e. The van der Waals surface area contributed by atoms with Crippen LogP contribution < -0.4 is 0 Å². The molecule has 1 rings (SSSR count). The molecular weight excluding hydrogens is 332 g/mol. The minimum absolute atomic E-state index is 0.0730. The molecule has 0 N–H and O–H groups in total. The standard InChI is InChI=1S/C16H26N2O7/c1-6-22-13-11(5)10-12(14(19)23-7-2)17(15(20)24-8-3)18(13)16(21)25-9-4/h10,12-13H,6-9H2,1-5H3/t12-,13-/m1/s1. The van der Waals surface area contributed by atoms with E-state index in [4.69, 9.17) is 18.9 Å². The number of carbonyl (C=O) groups excluding carboxylic acids is 3. The van der Waals surface area contributed by atoms with Crippen LogP contribution in [0.1, 0.15) is 34.6 Å². The third kappa shape index (κ3) is 4.85. The summed E-state index contributed by atoms with van der Waals surface area (Å²) in [6, 6.07) is -1.15. The third-order valence-corrected chi connectivity index (χ3v) is 3.29. The van der Waals surface area contributed by atoms with Gasteiger partial charge in [-0.3, -0.25) is 0 Å². The zero-order valence-corrected chi connectivity index (χ0v) is 15.3. The fraction of sp³-hybridized carbons (Fsp3) is 0.688. The molecule has 9 heteroatoms. The molecule has 0 aromatic heterocycles. The molecule has 2 amide bonds. The molecule has 2 atom stereocenters. The van der Waals surface area contributed by atoms with Crippen molar-refractivity contribution < 1.29 is 33.3 Å². The molecule has 0 saturated carbocycles. The molecule has 0 bridgehead atoms. The molecule has 142 valence electrons.